The number of hydrogen-bond acceptors (Lipinski definition) is 7. The zero-order valence-corrected chi connectivity index (χ0v) is 16.9. The summed E-state index contributed by atoms with van der Waals surface area (Å²) in [6, 6.07) is 3.63. The van der Waals surface area contributed by atoms with Crippen LogP contribution in [0.25, 0.3) is 0 Å². The van der Waals surface area contributed by atoms with E-state index in [2.05, 4.69) is 10.2 Å². The second-order valence-corrected chi connectivity index (χ2v) is 6.24. The lowest BCUT2D eigenvalue weighted by Crippen LogP contribution is -2.36. The summed E-state index contributed by atoms with van der Waals surface area (Å²) < 4.78 is 21.9. The molecule has 1 aromatic rings. The van der Waals surface area contributed by atoms with Crippen LogP contribution < -0.4 is 19.7 Å². The molecule has 0 atom stereocenters. The summed E-state index contributed by atoms with van der Waals surface area (Å²) in [7, 11) is 0. The van der Waals surface area contributed by atoms with E-state index in [-0.39, 0.29) is 12.6 Å². The molecule has 1 fully saturated rings. The van der Waals surface area contributed by atoms with Crippen LogP contribution in [0.5, 0.6) is 11.5 Å². The highest BCUT2D eigenvalue weighted by Gasteiger charge is 2.20. The molecule has 1 N–H and O–H groups in total. The largest absolute Gasteiger partial charge is 0.492 e. The topological polar surface area (TPSA) is 86.3 Å². The Morgan fingerprint density at radius 1 is 1.07 bits per heavy atom. The highest BCUT2D eigenvalue weighted by molar-refractivity contribution is 5.95. The van der Waals surface area contributed by atoms with Gasteiger partial charge in [0.2, 0.25) is 0 Å². The number of hydrogen-bond donors (Lipinski definition) is 1. The number of esters is 1. The highest BCUT2D eigenvalue weighted by Crippen LogP contribution is 2.39. The first-order chi connectivity index (χ1) is 13.6. The number of nitrogens with zero attached hydrogens (tertiary/aromatic N) is 1. The van der Waals surface area contributed by atoms with Gasteiger partial charge in [0.05, 0.1) is 37.8 Å². The van der Waals surface area contributed by atoms with Crippen LogP contribution in [0.15, 0.2) is 12.1 Å². The Bertz CT molecular complexity index is 658. The molecule has 1 aliphatic rings. The van der Waals surface area contributed by atoms with Crippen molar-refractivity contribution in [3.05, 3.63) is 12.1 Å². The fraction of sp³-hybridized carbons (Fsp3) is 0.600. The molecule has 0 aromatic heterocycles. The van der Waals surface area contributed by atoms with Gasteiger partial charge in [-0.3, -0.25) is 9.59 Å². The Morgan fingerprint density at radius 2 is 1.75 bits per heavy atom. The van der Waals surface area contributed by atoms with E-state index < -0.39 is 5.91 Å². The molecule has 8 nitrogen and oxygen atoms in total. The van der Waals surface area contributed by atoms with Crippen molar-refractivity contribution in [2.75, 3.05) is 56.3 Å². The van der Waals surface area contributed by atoms with Gasteiger partial charge in [-0.15, -0.1) is 0 Å². The number of anilines is 2. The van der Waals surface area contributed by atoms with Gasteiger partial charge in [-0.2, -0.15) is 0 Å². The number of carbonyl (C=O) groups excluding carboxylic acids is 2. The van der Waals surface area contributed by atoms with Crippen molar-refractivity contribution in [1.29, 1.82) is 0 Å². The van der Waals surface area contributed by atoms with Gasteiger partial charge < -0.3 is 29.2 Å². The second-order valence-electron chi connectivity index (χ2n) is 6.24. The molecule has 0 bridgehead atoms. The first-order valence-corrected chi connectivity index (χ1v) is 9.80. The van der Waals surface area contributed by atoms with Crippen LogP contribution in [0.1, 0.15) is 33.6 Å². The molecule has 2 rings (SSSR count). The van der Waals surface area contributed by atoms with Crippen LogP contribution in [0, 0.1) is 0 Å². The second kappa shape index (κ2) is 11.4. The minimum atomic E-state index is -0.424. The van der Waals surface area contributed by atoms with Crippen LogP contribution in [0.3, 0.4) is 0 Å². The monoisotopic (exact) mass is 394 g/mol. The highest BCUT2D eigenvalue weighted by atomic mass is 16.5. The Kier molecular flexibility index (Phi) is 8.87. The number of rotatable bonds is 10. The molecule has 0 radical (unpaired) electrons. The van der Waals surface area contributed by atoms with Crippen LogP contribution in [-0.4, -0.2) is 58.0 Å². The molecule has 0 spiro atoms. The Morgan fingerprint density at radius 3 is 2.39 bits per heavy atom. The summed E-state index contributed by atoms with van der Waals surface area (Å²) in [4.78, 5) is 25.9. The fourth-order valence-corrected chi connectivity index (χ4v) is 2.85. The van der Waals surface area contributed by atoms with Crippen molar-refractivity contribution in [3.8, 4) is 11.5 Å². The quantitative estimate of drug-likeness (QED) is 0.611. The van der Waals surface area contributed by atoms with Gasteiger partial charge in [-0.1, -0.05) is 6.92 Å². The number of ether oxygens (including phenoxy) is 4. The standard InChI is InChI=1S/C20H30N2O6/c1-4-7-20(24)28-14-19(23)21-15-12-18(27-6-3)16(13-17(15)26-5-2)22-8-10-25-11-9-22/h12-13H,4-11,14H2,1-3H3,(H,21,23). The molecule has 0 saturated carbocycles. The van der Waals surface area contributed by atoms with Crippen molar-refractivity contribution < 1.29 is 28.5 Å². The van der Waals surface area contributed by atoms with Crippen molar-refractivity contribution in [2.45, 2.75) is 33.6 Å². The van der Waals surface area contributed by atoms with Crippen molar-refractivity contribution in [2.24, 2.45) is 0 Å². The molecule has 8 heteroatoms. The number of carbonyl (C=O) groups is 2. The lowest BCUT2D eigenvalue weighted by atomic mass is 10.2. The molecule has 0 aliphatic carbocycles. The predicted octanol–water partition coefficient (Wildman–Crippen LogP) is 2.60. The minimum absolute atomic E-state index is 0.292. The normalized spacial score (nSPS) is 13.8. The third-order valence-corrected chi connectivity index (χ3v) is 4.11. The molecule has 1 saturated heterocycles. The molecule has 1 amide bonds. The fourth-order valence-electron chi connectivity index (χ4n) is 2.85. The average molecular weight is 394 g/mol. The molecule has 1 aromatic carbocycles. The van der Waals surface area contributed by atoms with E-state index in [1.165, 1.54) is 0 Å². The molecular weight excluding hydrogens is 364 g/mol. The van der Waals surface area contributed by atoms with E-state index in [9.17, 15) is 9.59 Å². The van der Waals surface area contributed by atoms with E-state index in [4.69, 9.17) is 18.9 Å². The molecule has 1 aliphatic heterocycles. The number of nitrogens with one attached hydrogen (secondary N) is 1. The predicted molar refractivity (Wildman–Crippen MR) is 106 cm³/mol. The Hall–Kier alpha value is -2.48. The van der Waals surface area contributed by atoms with Gasteiger partial charge in [0.15, 0.2) is 6.61 Å². The number of amides is 1. The summed E-state index contributed by atoms with van der Waals surface area (Å²) in [5.41, 5.74) is 1.39. The summed E-state index contributed by atoms with van der Waals surface area (Å²) in [6.45, 7) is 9.08. The third-order valence-electron chi connectivity index (χ3n) is 4.11. The zero-order chi connectivity index (χ0) is 20.4. The van der Waals surface area contributed by atoms with E-state index in [0.717, 1.165) is 18.8 Å². The lowest BCUT2D eigenvalue weighted by molar-refractivity contribution is -0.147. The summed E-state index contributed by atoms with van der Waals surface area (Å²) >= 11 is 0. The summed E-state index contributed by atoms with van der Waals surface area (Å²) in [6.07, 6.45) is 0.968. The summed E-state index contributed by atoms with van der Waals surface area (Å²) in [5.74, 6) is 0.388. The Labute approximate surface area is 166 Å². The SMILES string of the molecule is CCCC(=O)OCC(=O)Nc1cc(OCC)c(N2CCOCC2)cc1OCC. The maximum absolute atomic E-state index is 12.2. The van der Waals surface area contributed by atoms with Crippen molar-refractivity contribution in [3.63, 3.8) is 0 Å². The van der Waals surface area contributed by atoms with Crippen LogP contribution >= 0.6 is 0 Å². The van der Waals surface area contributed by atoms with E-state index in [1.807, 2.05) is 26.8 Å². The molecule has 28 heavy (non-hydrogen) atoms. The van der Waals surface area contributed by atoms with E-state index in [0.29, 0.717) is 56.5 Å². The Balaban J connectivity index is 2.20. The van der Waals surface area contributed by atoms with Crippen LogP contribution in [-0.2, 0) is 19.1 Å². The molecule has 0 unspecified atom stereocenters. The van der Waals surface area contributed by atoms with Crippen molar-refractivity contribution >= 4 is 23.3 Å². The maximum Gasteiger partial charge on any atom is 0.306 e. The van der Waals surface area contributed by atoms with Gasteiger partial charge >= 0.3 is 5.97 Å². The lowest BCUT2D eigenvalue weighted by Gasteiger charge is -2.31. The van der Waals surface area contributed by atoms with Crippen LogP contribution in [0.2, 0.25) is 0 Å². The van der Waals surface area contributed by atoms with Crippen molar-refractivity contribution in [1.82, 2.24) is 0 Å². The average Bonchev–Trinajstić information content (AvgIpc) is 2.69. The first kappa shape index (κ1) is 21.8. The van der Waals surface area contributed by atoms with E-state index >= 15 is 0 Å². The zero-order valence-electron chi connectivity index (χ0n) is 16.9. The number of benzene rings is 1. The molecule has 1 heterocycles. The molecular formula is C20H30N2O6. The van der Waals surface area contributed by atoms with Gasteiger partial charge in [-0.05, 0) is 20.3 Å². The number of morpholine rings is 1. The first-order valence-electron chi connectivity index (χ1n) is 9.80. The minimum Gasteiger partial charge on any atom is -0.492 e. The van der Waals surface area contributed by atoms with Crippen LogP contribution in [0.4, 0.5) is 11.4 Å². The smallest absolute Gasteiger partial charge is 0.306 e. The van der Waals surface area contributed by atoms with Gasteiger partial charge in [-0.25, -0.2) is 0 Å². The van der Waals surface area contributed by atoms with Gasteiger partial charge in [0.1, 0.15) is 11.5 Å². The van der Waals surface area contributed by atoms with Gasteiger partial charge in [0, 0.05) is 31.6 Å². The third kappa shape index (κ3) is 6.30. The van der Waals surface area contributed by atoms with E-state index in [1.54, 1.807) is 6.07 Å². The molecule has 156 valence electrons. The van der Waals surface area contributed by atoms with Gasteiger partial charge in [0.25, 0.3) is 5.91 Å². The summed E-state index contributed by atoms with van der Waals surface area (Å²) in [5, 5.41) is 2.76. The maximum atomic E-state index is 12.2.